The lowest BCUT2D eigenvalue weighted by molar-refractivity contribution is -0.423. The molecule has 1 aromatic rings. The Morgan fingerprint density at radius 1 is 1.32 bits per heavy atom. The first-order valence-corrected chi connectivity index (χ1v) is 5.76. The Labute approximate surface area is 108 Å². The van der Waals surface area contributed by atoms with E-state index in [1.165, 1.54) is 12.1 Å². The van der Waals surface area contributed by atoms with E-state index in [9.17, 15) is 20.2 Å². The highest BCUT2D eigenvalue weighted by atomic mass is 16.6. The lowest BCUT2D eigenvalue weighted by Crippen LogP contribution is -2.16. The fourth-order valence-electron chi connectivity index (χ4n) is 1.92. The maximum atomic E-state index is 10.9. The minimum absolute atomic E-state index is 0.102. The summed E-state index contributed by atoms with van der Waals surface area (Å²) in [5.74, 6) is -0.102. The van der Waals surface area contributed by atoms with Gasteiger partial charge in [-0.2, -0.15) is 0 Å². The molecular formula is C11H12N2O6. The van der Waals surface area contributed by atoms with Crippen LogP contribution < -0.4 is 4.74 Å². The number of benzene rings is 1. The van der Waals surface area contributed by atoms with Crippen molar-refractivity contribution in [2.45, 2.75) is 18.9 Å². The van der Waals surface area contributed by atoms with Gasteiger partial charge in [0.25, 0.3) is 0 Å². The van der Waals surface area contributed by atoms with Crippen molar-refractivity contribution in [1.29, 1.82) is 0 Å². The second-order valence-corrected chi connectivity index (χ2v) is 4.08. The molecule has 19 heavy (non-hydrogen) atoms. The molecule has 1 atom stereocenters. The largest absolute Gasteiger partial charge is 0.484 e. The first-order chi connectivity index (χ1) is 9.09. The summed E-state index contributed by atoms with van der Waals surface area (Å²) in [7, 11) is 0. The molecule has 1 aliphatic heterocycles. The number of nitro groups is 2. The van der Waals surface area contributed by atoms with E-state index in [2.05, 4.69) is 0 Å². The zero-order chi connectivity index (χ0) is 13.8. The molecule has 1 heterocycles. The molecule has 0 bridgehead atoms. The van der Waals surface area contributed by atoms with Gasteiger partial charge in [-0.05, 0) is 18.9 Å². The Morgan fingerprint density at radius 3 is 2.68 bits per heavy atom. The molecule has 0 unspecified atom stereocenters. The Kier molecular flexibility index (Phi) is 3.91. The van der Waals surface area contributed by atoms with Crippen molar-refractivity contribution in [3.8, 4) is 5.75 Å². The van der Waals surface area contributed by atoms with Crippen molar-refractivity contribution in [1.82, 2.24) is 0 Å². The molecule has 1 aromatic carbocycles. The van der Waals surface area contributed by atoms with Crippen LogP contribution in [0.15, 0.2) is 18.2 Å². The van der Waals surface area contributed by atoms with E-state index in [1.807, 2.05) is 0 Å². The molecule has 102 valence electrons. The molecule has 0 aliphatic carbocycles. The SMILES string of the molecule is O=[N+]([O-])c1cccc(OC[C@@H]2CCCO2)c1[N+](=O)[O-]. The van der Waals surface area contributed by atoms with Gasteiger partial charge >= 0.3 is 11.4 Å². The first-order valence-electron chi connectivity index (χ1n) is 5.76. The van der Waals surface area contributed by atoms with Crippen LogP contribution in [0, 0.1) is 20.2 Å². The third kappa shape index (κ3) is 2.97. The second-order valence-electron chi connectivity index (χ2n) is 4.08. The number of rotatable bonds is 5. The van der Waals surface area contributed by atoms with Crippen molar-refractivity contribution in [2.75, 3.05) is 13.2 Å². The summed E-state index contributed by atoms with van der Waals surface area (Å²) in [6.45, 7) is 0.799. The summed E-state index contributed by atoms with van der Waals surface area (Å²) >= 11 is 0. The summed E-state index contributed by atoms with van der Waals surface area (Å²) in [6, 6.07) is 3.78. The Bertz CT molecular complexity index is 498. The van der Waals surface area contributed by atoms with E-state index >= 15 is 0 Å². The molecule has 0 saturated carbocycles. The molecule has 0 amide bonds. The van der Waals surface area contributed by atoms with Crippen molar-refractivity contribution in [3.05, 3.63) is 38.4 Å². The third-order valence-corrected chi connectivity index (χ3v) is 2.81. The number of nitro benzene ring substituents is 2. The van der Waals surface area contributed by atoms with Gasteiger partial charge in [0.15, 0.2) is 0 Å². The van der Waals surface area contributed by atoms with Crippen molar-refractivity contribution in [3.63, 3.8) is 0 Å². The minimum atomic E-state index is -0.803. The quantitative estimate of drug-likeness (QED) is 0.597. The highest BCUT2D eigenvalue weighted by Gasteiger charge is 2.30. The number of hydrogen-bond donors (Lipinski definition) is 0. The van der Waals surface area contributed by atoms with Gasteiger partial charge < -0.3 is 9.47 Å². The monoisotopic (exact) mass is 268 g/mol. The van der Waals surface area contributed by atoms with E-state index in [0.717, 1.165) is 18.9 Å². The molecule has 1 fully saturated rings. The van der Waals surface area contributed by atoms with Gasteiger partial charge in [-0.15, -0.1) is 0 Å². The van der Waals surface area contributed by atoms with Crippen LogP contribution >= 0.6 is 0 Å². The van der Waals surface area contributed by atoms with Gasteiger partial charge in [0.1, 0.15) is 6.61 Å². The predicted molar refractivity (Wildman–Crippen MR) is 64.2 cm³/mol. The molecule has 0 N–H and O–H groups in total. The molecular weight excluding hydrogens is 256 g/mol. The summed E-state index contributed by atoms with van der Waals surface area (Å²) in [5.41, 5.74) is -1.19. The number of ether oxygens (including phenoxy) is 2. The average Bonchev–Trinajstić information content (AvgIpc) is 2.88. The predicted octanol–water partition coefficient (Wildman–Crippen LogP) is 2.06. The van der Waals surface area contributed by atoms with Gasteiger partial charge in [-0.25, -0.2) is 0 Å². The van der Waals surface area contributed by atoms with Gasteiger partial charge in [0.05, 0.1) is 16.0 Å². The lowest BCUT2D eigenvalue weighted by Gasteiger charge is -2.11. The molecule has 0 radical (unpaired) electrons. The van der Waals surface area contributed by atoms with E-state index in [4.69, 9.17) is 9.47 Å². The minimum Gasteiger partial charge on any atom is -0.484 e. The molecule has 2 rings (SSSR count). The van der Waals surface area contributed by atoms with Crippen LogP contribution in [-0.4, -0.2) is 29.2 Å². The molecule has 8 heteroatoms. The van der Waals surface area contributed by atoms with E-state index in [-0.39, 0.29) is 18.5 Å². The zero-order valence-electron chi connectivity index (χ0n) is 9.98. The zero-order valence-corrected chi connectivity index (χ0v) is 9.98. The Balaban J connectivity index is 2.20. The smallest absolute Gasteiger partial charge is 0.387 e. The summed E-state index contributed by atoms with van der Waals surface area (Å²) in [5, 5.41) is 21.7. The fraction of sp³-hybridized carbons (Fsp3) is 0.455. The maximum Gasteiger partial charge on any atom is 0.387 e. The highest BCUT2D eigenvalue weighted by molar-refractivity contribution is 5.61. The molecule has 1 saturated heterocycles. The van der Waals surface area contributed by atoms with Gasteiger partial charge in [0, 0.05) is 12.7 Å². The van der Waals surface area contributed by atoms with E-state index < -0.39 is 21.2 Å². The Morgan fingerprint density at radius 2 is 2.11 bits per heavy atom. The second kappa shape index (κ2) is 5.61. The molecule has 0 aromatic heterocycles. The summed E-state index contributed by atoms with van der Waals surface area (Å²) in [6.07, 6.45) is 1.63. The van der Waals surface area contributed by atoms with Crippen LogP contribution in [0.5, 0.6) is 5.75 Å². The highest BCUT2D eigenvalue weighted by Crippen LogP contribution is 2.36. The van der Waals surface area contributed by atoms with E-state index in [0.29, 0.717) is 6.61 Å². The number of para-hydroxylation sites is 1. The average molecular weight is 268 g/mol. The van der Waals surface area contributed by atoms with Gasteiger partial charge in [-0.1, -0.05) is 6.07 Å². The number of hydrogen-bond acceptors (Lipinski definition) is 6. The van der Waals surface area contributed by atoms with E-state index in [1.54, 1.807) is 0 Å². The normalized spacial score (nSPS) is 18.2. The summed E-state index contributed by atoms with van der Waals surface area (Å²) < 4.78 is 10.6. The molecule has 8 nitrogen and oxygen atoms in total. The van der Waals surface area contributed by atoms with Crippen molar-refractivity contribution >= 4 is 11.4 Å². The Hall–Kier alpha value is -2.22. The standard InChI is InChI=1S/C11H12N2O6/c14-12(15)9-4-1-5-10(11(9)13(16)17)19-7-8-3-2-6-18-8/h1,4-5,8H,2-3,6-7H2/t8-/m0/s1. The first kappa shape index (κ1) is 13.2. The number of nitrogens with zero attached hydrogens (tertiary/aromatic N) is 2. The van der Waals surface area contributed by atoms with Crippen LogP contribution in [0.25, 0.3) is 0 Å². The summed E-state index contributed by atoms with van der Waals surface area (Å²) in [4.78, 5) is 20.1. The van der Waals surface area contributed by atoms with Crippen LogP contribution in [-0.2, 0) is 4.74 Å². The van der Waals surface area contributed by atoms with Crippen LogP contribution in [0.3, 0.4) is 0 Å². The van der Waals surface area contributed by atoms with Crippen molar-refractivity contribution in [2.24, 2.45) is 0 Å². The third-order valence-electron chi connectivity index (χ3n) is 2.81. The van der Waals surface area contributed by atoms with Crippen LogP contribution in [0.2, 0.25) is 0 Å². The fourth-order valence-corrected chi connectivity index (χ4v) is 1.92. The van der Waals surface area contributed by atoms with Crippen LogP contribution in [0.1, 0.15) is 12.8 Å². The molecule has 1 aliphatic rings. The van der Waals surface area contributed by atoms with Gasteiger partial charge in [0.2, 0.25) is 5.75 Å². The maximum absolute atomic E-state index is 10.9. The topological polar surface area (TPSA) is 105 Å². The van der Waals surface area contributed by atoms with Crippen molar-refractivity contribution < 1.29 is 19.3 Å². The van der Waals surface area contributed by atoms with Gasteiger partial charge in [-0.3, -0.25) is 20.2 Å². The lowest BCUT2D eigenvalue weighted by atomic mass is 10.2. The van der Waals surface area contributed by atoms with Crippen LogP contribution in [0.4, 0.5) is 11.4 Å². The molecule has 0 spiro atoms.